The van der Waals surface area contributed by atoms with Crippen molar-refractivity contribution in [2.75, 3.05) is 0 Å². The Kier molecular flexibility index (Phi) is 4.56. The Morgan fingerprint density at radius 2 is 1.30 bits per heavy atom. The number of halogens is 1. The molecule has 0 aliphatic heterocycles. The highest BCUT2D eigenvalue weighted by atomic mass is 35.5. The van der Waals surface area contributed by atoms with E-state index < -0.39 is 9.84 Å². The van der Waals surface area contributed by atoms with Crippen LogP contribution >= 0.6 is 11.6 Å². The molecule has 0 aliphatic carbocycles. The third-order valence-electron chi connectivity index (χ3n) is 4.13. The van der Waals surface area contributed by atoms with Crippen LogP contribution in [-0.2, 0) is 9.84 Å². The van der Waals surface area contributed by atoms with Gasteiger partial charge < -0.3 is 4.52 Å². The monoisotopic (exact) mass is 395 g/mol. The summed E-state index contributed by atoms with van der Waals surface area (Å²) in [6, 6.07) is 24.2. The van der Waals surface area contributed by atoms with Crippen LogP contribution in [0.5, 0.6) is 0 Å². The molecule has 0 saturated carbocycles. The number of aromatic nitrogens is 1. The molecule has 6 heteroatoms. The Hall–Kier alpha value is -2.89. The molecule has 134 valence electrons. The van der Waals surface area contributed by atoms with Crippen LogP contribution < -0.4 is 0 Å². The van der Waals surface area contributed by atoms with Gasteiger partial charge in [-0.05, 0) is 24.3 Å². The molecule has 0 amide bonds. The van der Waals surface area contributed by atoms with E-state index in [2.05, 4.69) is 5.16 Å². The number of benzene rings is 3. The number of nitrogens with zero attached hydrogens (tertiary/aromatic N) is 1. The standard InChI is InChI=1S/C21H14ClNO3S/c22-17-11-13-18(14-12-17)27(24,25)21-19(15-7-3-1-4-8-15)23-26-20(21)16-9-5-2-6-10-16/h1-14H. The summed E-state index contributed by atoms with van der Waals surface area (Å²) in [6.45, 7) is 0. The highest BCUT2D eigenvalue weighted by Gasteiger charge is 2.31. The van der Waals surface area contributed by atoms with Crippen LogP contribution in [0.3, 0.4) is 0 Å². The van der Waals surface area contributed by atoms with Gasteiger partial charge in [-0.3, -0.25) is 0 Å². The highest BCUT2D eigenvalue weighted by molar-refractivity contribution is 7.91. The van der Waals surface area contributed by atoms with Gasteiger partial charge in [0.05, 0.1) is 4.90 Å². The van der Waals surface area contributed by atoms with Crippen molar-refractivity contribution < 1.29 is 12.9 Å². The Labute approximate surface area is 161 Å². The quantitative estimate of drug-likeness (QED) is 0.458. The van der Waals surface area contributed by atoms with Crippen molar-refractivity contribution in [3.63, 3.8) is 0 Å². The second-order valence-electron chi connectivity index (χ2n) is 5.88. The summed E-state index contributed by atoms with van der Waals surface area (Å²) in [5.41, 5.74) is 1.58. The van der Waals surface area contributed by atoms with Gasteiger partial charge in [0.1, 0.15) is 10.6 Å². The SMILES string of the molecule is O=S(=O)(c1ccc(Cl)cc1)c1c(-c2ccccc2)noc1-c1ccccc1. The lowest BCUT2D eigenvalue weighted by atomic mass is 10.1. The maximum Gasteiger partial charge on any atom is 0.212 e. The lowest BCUT2D eigenvalue weighted by Gasteiger charge is -2.07. The molecule has 1 heterocycles. The van der Waals surface area contributed by atoms with Crippen LogP contribution in [0.2, 0.25) is 5.02 Å². The van der Waals surface area contributed by atoms with Gasteiger partial charge in [0.2, 0.25) is 9.84 Å². The molecule has 0 saturated heterocycles. The first-order valence-corrected chi connectivity index (χ1v) is 10.0. The van der Waals surface area contributed by atoms with Gasteiger partial charge >= 0.3 is 0 Å². The molecule has 0 fully saturated rings. The Morgan fingerprint density at radius 3 is 1.89 bits per heavy atom. The molecule has 0 atom stereocenters. The lowest BCUT2D eigenvalue weighted by Crippen LogP contribution is -2.04. The van der Waals surface area contributed by atoms with E-state index in [1.165, 1.54) is 12.1 Å². The van der Waals surface area contributed by atoms with Crippen molar-refractivity contribution in [1.82, 2.24) is 5.16 Å². The molecule has 4 rings (SSSR count). The first-order chi connectivity index (χ1) is 13.1. The lowest BCUT2D eigenvalue weighted by molar-refractivity contribution is 0.433. The topological polar surface area (TPSA) is 60.2 Å². The first-order valence-electron chi connectivity index (χ1n) is 8.18. The maximum atomic E-state index is 13.5. The fourth-order valence-electron chi connectivity index (χ4n) is 2.82. The van der Waals surface area contributed by atoms with E-state index in [0.29, 0.717) is 16.1 Å². The van der Waals surface area contributed by atoms with Gasteiger partial charge in [0.15, 0.2) is 5.76 Å². The minimum absolute atomic E-state index is 0.0437. The van der Waals surface area contributed by atoms with Gasteiger partial charge in [0, 0.05) is 16.1 Å². The van der Waals surface area contributed by atoms with Crippen molar-refractivity contribution in [2.45, 2.75) is 9.79 Å². The van der Waals surface area contributed by atoms with Crippen molar-refractivity contribution in [2.24, 2.45) is 0 Å². The summed E-state index contributed by atoms with van der Waals surface area (Å²) in [7, 11) is -3.88. The molecular formula is C21H14ClNO3S. The van der Waals surface area contributed by atoms with Crippen molar-refractivity contribution in [1.29, 1.82) is 0 Å². The van der Waals surface area contributed by atoms with E-state index >= 15 is 0 Å². The number of rotatable bonds is 4. The summed E-state index contributed by atoms with van der Waals surface area (Å²) >= 11 is 5.92. The van der Waals surface area contributed by atoms with Gasteiger partial charge in [-0.25, -0.2) is 8.42 Å². The van der Waals surface area contributed by atoms with Gasteiger partial charge in [0.25, 0.3) is 0 Å². The predicted octanol–water partition coefficient (Wildman–Crippen LogP) is 5.49. The summed E-state index contributed by atoms with van der Waals surface area (Å²) in [6.07, 6.45) is 0. The molecule has 0 bridgehead atoms. The van der Waals surface area contributed by atoms with Crippen molar-refractivity contribution >= 4 is 21.4 Å². The van der Waals surface area contributed by atoms with Gasteiger partial charge in [-0.15, -0.1) is 0 Å². The Bertz CT molecular complexity index is 1110. The van der Waals surface area contributed by atoms with Crippen LogP contribution in [-0.4, -0.2) is 13.6 Å². The van der Waals surface area contributed by atoms with Gasteiger partial charge in [-0.1, -0.05) is 77.4 Å². The summed E-state index contributed by atoms with van der Waals surface area (Å²) < 4.78 is 32.4. The van der Waals surface area contributed by atoms with Crippen LogP contribution in [0.4, 0.5) is 0 Å². The van der Waals surface area contributed by atoms with Crippen LogP contribution in [0.25, 0.3) is 22.6 Å². The Balaban J connectivity index is 1.99. The molecule has 3 aromatic carbocycles. The smallest absolute Gasteiger partial charge is 0.212 e. The van der Waals surface area contributed by atoms with Crippen LogP contribution in [0.15, 0.2) is 99.2 Å². The second kappa shape index (κ2) is 7.02. The van der Waals surface area contributed by atoms with E-state index in [4.69, 9.17) is 16.1 Å². The third kappa shape index (κ3) is 3.27. The summed E-state index contributed by atoms with van der Waals surface area (Å²) in [4.78, 5) is 0.173. The van der Waals surface area contributed by atoms with Gasteiger partial charge in [-0.2, -0.15) is 0 Å². The number of hydrogen-bond acceptors (Lipinski definition) is 4. The number of hydrogen-bond donors (Lipinski definition) is 0. The molecule has 0 N–H and O–H groups in total. The van der Waals surface area contributed by atoms with E-state index in [-0.39, 0.29) is 21.2 Å². The molecule has 0 unspecified atom stereocenters. The molecule has 27 heavy (non-hydrogen) atoms. The van der Waals surface area contributed by atoms with Crippen LogP contribution in [0.1, 0.15) is 0 Å². The molecule has 0 aliphatic rings. The molecule has 0 spiro atoms. The predicted molar refractivity (Wildman–Crippen MR) is 104 cm³/mol. The average molecular weight is 396 g/mol. The summed E-state index contributed by atoms with van der Waals surface area (Å²) in [5, 5.41) is 4.56. The molecule has 1 aromatic heterocycles. The largest absolute Gasteiger partial charge is 0.354 e. The zero-order valence-corrected chi connectivity index (χ0v) is 15.6. The number of sulfone groups is 1. The minimum Gasteiger partial charge on any atom is -0.354 e. The second-order valence-corrected chi connectivity index (χ2v) is 8.20. The fraction of sp³-hybridized carbons (Fsp3) is 0. The average Bonchev–Trinajstić information content (AvgIpc) is 3.16. The fourth-order valence-corrected chi connectivity index (χ4v) is 4.48. The molecule has 4 nitrogen and oxygen atoms in total. The van der Waals surface area contributed by atoms with E-state index in [1.807, 2.05) is 36.4 Å². The highest BCUT2D eigenvalue weighted by Crippen LogP contribution is 2.38. The zero-order valence-electron chi connectivity index (χ0n) is 14.0. The zero-order chi connectivity index (χ0) is 18.9. The normalized spacial score (nSPS) is 11.4. The van der Waals surface area contributed by atoms with E-state index in [0.717, 1.165) is 0 Å². The first kappa shape index (κ1) is 17.5. The maximum absolute atomic E-state index is 13.5. The van der Waals surface area contributed by atoms with E-state index in [9.17, 15) is 8.42 Å². The molecule has 4 aromatic rings. The summed E-state index contributed by atoms with van der Waals surface area (Å²) in [5.74, 6) is 0.212. The third-order valence-corrected chi connectivity index (χ3v) is 6.19. The van der Waals surface area contributed by atoms with Crippen molar-refractivity contribution in [3.05, 3.63) is 90.0 Å². The minimum atomic E-state index is -3.88. The van der Waals surface area contributed by atoms with Crippen LogP contribution in [0, 0.1) is 0 Å². The van der Waals surface area contributed by atoms with Crippen molar-refractivity contribution in [3.8, 4) is 22.6 Å². The molecule has 0 radical (unpaired) electrons. The Morgan fingerprint density at radius 1 is 0.741 bits per heavy atom. The van der Waals surface area contributed by atoms with E-state index in [1.54, 1.807) is 36.4 Å². The molecular weight excluding hydrogens is 382 g/mol.